The number of hydrogen-bond donors (Lipinski definition) is 0. The van der Waals surface area contributed by atoms with Crippen LogP contribution in [-0.4, -0.2) is 35.8 Å². The van der Waals surface area contributed by atoms with Gasteiger partial charge in [0.2, 0.25) is 5.88 Å². The third-order valence-corrected chi connectivity index (χ3v) is 5.05. The van der Waals surface area contributed by atoms with E-state index in [0.717, 1.165) is 14.0 Å². The fourth-order valence-electron chi connectivity index (χ4n) is 1.97. The number of hydrogen-bond acceptors (Lipinski definition) is 5. The molecule has 2 rings (SSSR count). The van der Waals surface area contributed by atoms with Gasteiger partial charge in [0.25, 0.3) is 9.84 Å². The summed E-state index contributed by atoms with van der Waals surface area (Å²) in [5.41, 5.74) is -7.44. The summed E-state index contributed by atoms with van der Waals surface area (Å²) in [6.07, 6.45) is -4.45. The SMILES string of the molecule is COc1nc(-n2ncc(S(=O)(=O)C(F)(F)F)c2C)c(Cl)cc1C(F)(F)F. The summed E-state index contributed by atoms with van der Waals surface area (Å²) in [5, 5.41) is 2.82. The second-order valence-electron chi connectivity index (χ2n) is 4.80. The predicted octanol–water partition coefficient (Wildman–Crippen LogP) is 3.55. The maximum Gasteiger partial charge on any atom is 0.502 e. The fraction of sp³-hybridized carbons (Fsp3) is 0.333. The Balaban J connectivity index is 2.69. The van der Waals surface area contributed by atoms with E-state index in [-0.39, 0.29) is 0 Å². The number of methoxy groups -OCH3 is 1. The van der Waals surface area contributed by atoms with Gasteiger partial charge < -0.3 is 4.74 Å². The highest BCUT2D eigenvalue weighted by Crippen LogP contribution is 2.39. The summed E-state index contributed by atoms with van der Waals surface area (Å²) in [5.74, 6) is -1.44. The quantitative estimate of drug-likeness (QED) is 0.706. The number of ether oxygens (including phenoxy) is 1. The van der Waals surface area contributed by atoms with Crippen molar-refractivity contribution in [1.29, 1.82) is 0 Å². The lowest BCUT2D eigenvalue weighted by Crippen LogP contribution is -2.23. The number of alkyl halides is 6. The minimum absolute atomic E-state index is 0.403. The van der Waals surface area contributed by atoms with Crippen molar-refractivity contribution in [3.8, 4) is 11.7 Å². The summed E-state index contributed by atoms with van der Waals surface area (Å²) in [4.78, 5) is 2.32. The summed E-state index contributed by atoms with van der Waals surface area (Å²) >= 11 is 5.73. The highest BCUT2D eigenvalue weighted by atomic mass is 35.5. The number of aromatic nitrogens is 3. The van der Waals surface area contributed by atoms with Gasteiger partial charge in [-0.15, -0.1) is 0 Å². The first-order valence-corrected chi connectivity index (χ1v) is 8.26. The Morgan fingerprint density at radius 3 is 2.23 bits per heavy atom. The van der Waals surface area contributed by atoms with Gasteiger partial charge in [-0.1, -0.05) is 11.6 Å². The average Bonchev–Trinajstić information content (AvgIpc) is 2.87. The zero-order valence-corrected chi connectivity index (χ0v) is 14.3. The molecule has 0 spiro atoms. The molecule has 0 saturated carbocycles. The monoisotopic (exact) mass is 423 g/mol. The molecule has 0 saturated heterocycles. The molecular weight excluding hydrogens is 416 g/mol. The Kier molecular flexibility index (Phi) is 4.92. The number of halogens is 7. The van der Waals surface area contributed by atoms with E-state index in [1.807, 2.05) is 0 Å². The third kappa shape index (κ3) is 3.32. The van der Waals surface area contributed by atoms with Crippen molar-refractivity contribution in [2.45, 2.75) is 23.5 Å². The van der Waals surface area contributed by atoms with E-state index in [1.165, 1.54) is 0 Å². The fourth-order valence-corrected chi connectivity index (χ4v) is 3.11. The van der Waals surface area contributed by atoms with Gasteiger partial charge in [0.1, 0.15) is 10.5 Å². The van der Waals surface area contributed by atoms with E-state index >= 15 is 0 Å². The molecule has 0 aliphatic heterocycles. The minimum atomic E-state index is -5.72. The van der Waals surface area contributed by atoms with Crippen LogP contribution < -0.4 is 4.74 Å². The molecule has 2 aromatic rings. The first-order valence-electron chi connectivity index (χ1n) is 6.40. The molecule has 0 fully saturated rings. The maximum absolute atomic E-state index is 12.9. The highest BCUT2D eigenvalue weighted by Gasteiger charge is 2.48. The summed E-state index contributed by atoms with van der Waals surface area (Å²) in [6.45, 7) is 0.966. The second-order valence-corrected chi connectivity index (χ2v) is 7.12. The first kappa shape index (κ1) is 20.3. The molecule has 144 valence electrons. The smallest absolute Gasteiger partial charge is 0.481 e. The number of pyridine rings is 1. The zero-order chi connectivity index (χ0) is 20.1. The standard InChI is InChI=1S/C12H8ClF6N3O3S/c1-5-8(26(23,24)12(17,18)19)4-20-22(5)9-7(13)3-6(11(14,15)16)10(21-9)25-2/h3-4H,1-2H3. The van der Waals surface area contributed by atoms with Crippen molar-refractivity contribution in [2.24, 2.45) is 0 Å². The van der Waals surface area contributed by atoms with Crippen LogP contribution in [0, 0.1) is 6.92 Å². The Bertz CT molecular complexity index is 952. The molecule has 0 bridgehead atoms. The van der Waals surface area contributed by atoms with Crippen molar-refractivity contribution in [3.63, 3.8) is 0 Å². The van der Waals surface area contributed by atoms with Gasteiger partial charge in [-0.3, -0.25) is 0 Å². The maximum atomic E-state index is 12.9. The Labute approximate surface area is 147 Å². The van der Waals surface area contributed by atoms with Crippen molar-refractivity contribution in [2.75, 3.05) is 7.11 Å². The van der Waals surface area contributed by atoms with Crippen LogP contribution in [0.2, 0.25) is 5.02 Å². The lowest BCUT2D eigenvalue weighted by Gasteiger charge is -2.14. The van der Waals surface area contributed by atoms with Crippen LogP contribution >= 0.6 is 11.6 Å². The van der Waals surface area contributed by atoms with Gasteiger partial charge in [0, 0.05) is 0 Å². The molecule has 0 N–H and O–H groups in total. The van der Waals surface area contributed by atoms with E-state index < -0.39 is 54.4 Å². The molecule has 0 atom stereocenters. The summed E-state index contributed by atoms with van der Waals surface area (Å²) in [6, 6.07) is 0.446. The van der Waals surface area contributed by atoms with Crippen LogP contribution in [0.15, 0.2) is 17.2 Å². The number of sulfone groups is 1. The molecule has 0 aliphatic carbocycles. The molecule has 0 aliphatic rings. The topological polar surface area (TPSA) is 74.1 Å². The molecule has 0 aromatic carbocycles. The van der Waals surface area contributed by atoms with Crippen molar-refractivity contribution >= 4 is 21.4 Å². The average molecular weight is 424 g/mol. The van der Waals surface area contributed by atoms with Gasteiger partial charge >= 0.3 is 11.7 Å². The van der Waals surface area contributed by atoms with Crippen molar-refractivity contribution in [3.05, 3.63) is 28.5 Å². The van der Waals surface area contributed by atoms with Crippen LogP contribution in [0.1, 0.15) is 11.3 Å². The van der Waals surface area contributed by atoms with Crippen LogP contribution in [0.4, 0.5) is 26.3 Å². The number of rotatable bonds is 3. The Morgan fingerprint density at radius 2 is 1.77 bits per heavy atom. The zero-order valence-electron chi connectivity index (χ0n) is 12.8. The van der Waals surface area contributed by atoms with Crippen LogP contribution in [0.5, 0.6) is 5.88 Å². The van der Waals surface area contributed by atoms with Gasteiger partial charge in [0.05, 0.1) is 24.0 Å². The van der Waals surface area contributed by atoms with Crippen LogP contribution in [-0.2, 0) is 16.0 Å². The van der Waals surface area contributed by atoms with Crippen molar-refractivity contribution in [1.82, 2.24) is 14.8 Å². The van der Waals surface area contributed by atoms with Crippen molar-refractivity contribution < 1.29 is 39.5 Å². The van der Waals surface area contributed by atoms with E-state index in [2.05, 4.69) is 14.8 Å². The molecule has 2 aromatic heterocycles. The van der Waals surface area contributed by atoms with Gasteiger partial charge in [0.15, 0.2) is 5.82 Å². The third-order valence-electron chi connectivity index (χ3n) is 3.18. The highest BCUT2D eigenvalue weighted by molar-refractivity contribution is 7.92. The van der Waals surface area contributed by atoms with E-state index in [1.54, 1.807) is 0 Å². The van der Waals surface area contributed by atoms with Gasteiger partial charge in [-0.25, -0.2) is 13.1 Å². The molecule has 0 amide bonds. The molecule has 26 heavy (non-hydrogen) atoms. The van der Waals surface area contributed by atoms with E-state index in [9.17, 15) is 34.8 Å². The van der Waals surface area contributed by atoms with E-state index in [4.69, 9.17) is 11.6 Å². The molecule has 0 unspecified atom stereocenters. The molecule has 14 heteroatoms. The second kappa shape index (κ2) is 6.30. The molecule has 6 nitrogen and oxygen atoms in total. The lowest BCUT2D eigenvalue weighted by molar-refractivity contribution is -0.139. The summed E-state index contributed by atoms with van der Waals surface area (Å²) < 4.78 is 105. The molecule has 0 radical (unpaired) electrons. The number of nitrogens with zero attached hydrogens (tertiary/aromatic N) is 3. The van der Waals surface area contributed by atoms with Gasteiger partial charge in [-0.2, -0.15) is 36.4 Å². The summed E-state index contributed by atoms with van der Waals surface area (Å²) in [7, 11) is -4.83. The lowest BCUT2D eigenvalue weighted by atomic mass is 10.2. The largest absolute Gasteiger partial charge is 0.502 e. The first-order chi connectivity index (χ1) is 11.7. The minimum Gasteiger partial charge on any atom is -0.481 e. The van der Waals surface area contributed by atoms with Crippen LogP contribution in [0.25, 0.3) is 5.82 Å². The van der Waals surface area contributed by atoms with Gasteiger partial charge in [-0.05, 0) is 13.0 Å². The molecular formula is C12H8ClF6N3O3S. The Morgan fingerprint density at radius 1 is 1.19 bits per heavy atom. The predicted molar refractivity (Wildman–Crippen MR) is 75.9 cm³/mol. The van der Waals surface area contributed by atoms with E-state index in [0.29, 0.717) is 16.9 Å². The normalized spacial score (nSPS) is 13.1. The molecule has 2 heterocycles. The Hall–Kier alpha value is -2.02. The van der Waals surface area contributed by atoms with Crippen LogP contribution in [0.3, 0.4) is 0 Å².